The molecule has 0 radical (unpaired) electrons. The third kappa shape index (κ3) is 5.27. The van der Waals surface area contributed by atoms with E-state index in [-0.39, 0.29) is 24.0 Å². The molecular weight excluding hydrogens is 362 g/mol. The van der Waals surface area contributed by atoms with Crippen LogP contribution in [0.5, 0.6) is 0 Å². The molecule has 6 nitrogen and oxygen atoms in total. The Kier molecular flexibility index (Phi) is 6.03. The topological polar surface area (TPSA) is 87.6 Å². The van der Waals surface area contributed by atoms with E-state index in [2.05, 4.69) is 15.6 Å². The number of rotatable bonds is 6. The van der Waals surface area contributed by atoms with Crippen LogP contribution >= 0.6 is 11.8 Å². The maximum atomic E-state index is 12.2. The molecule has 1 heterocycles. The van der Waals surface area contributed by atoms with Crippen LogP contribution in [0.2, 0.25) is 0 Å². The normalized spacial score (nSPS) is 17.6. The summed E-state index contributed by atoms with van der Waals surface area (Å²) in [4.78, 5) is 40.0. The number of nitrogens with one attached hydrogen (secondary N) is 2. The van der Waals surface area contributed by atoms with Crippen LogP contribution in [0.25, 0.3) is 0 Å². The molecule has 0 spiro atoms. The molecular formula is C20H19N3O3S. The van der Waals surface area contributed by atoms with E-state index in [0.717, 1.165) is 5.56 Å². The summed E-state index contributed by atoms with van der Waals surface area (Å²) in [6.45, 7) is 1.96. The van der Waals surface area contributed by atoms with E-state index in [1.807, 2.05) is 30.3 Å². The fourth-order valence-corrected chi connectivity index (χ4v) is 3.50. The van der Waals surface area contributed by atoms with Crippen molar-refractivity contribution in [1.29, 1.82) is 0 Å². The summed E-state index contributed by atoms with van der Waals surface area (Å²) in [5.74, 6) is -0.509. The molecule has 1 aliphatic heterocycles. The molecule has 0 bridgehead atoms. The van der Waals surface area contributed by atoms with Gasteiger partial charge in [0.05, 0.1) is 6.54 Å². The standard InChI is InChI=1S/C20H19N3O3S/c1-13(24)15-7-9-16(10-8-15)22-18(25)11-17-19(26)23-20(27-17)21-12-14-5-3-2-4-6-14/h2-10,17H,11-12H2,1H3,(H,22,25)(H,21,23,26)/t17-/m0/s1. The van der Waals surface area contributed by atoms with E-state index in [4.69, 9.17) is 0 Å². The van der Waals surface area contributed by atoms with Gasteiger partial charge in [-0.05, 0) is 36.8 Å². The number of carbonyl (C=O) groups is 3. The molecule has 0 saturated carbocycles. The predicted molar refractivity (Wildman–Crippen MR) is 107 cm³/mol. The summed E-state index contributed by atoms with van der Waals surface area (Å²) in [6.07, 6.45) is 0.0509. The molecule has 0 aromatic heterocycles. The van der Waals surface area contributed by atoms with E-state index in [1.165, 1.54) is 18.7 Å². The number of carbonyl (C=O) groups excluding carboxylic acids is 3. The lowest BCUT2D eigenvalue weighted by Gasteiger charge is -2.07. The number of anilines is 1. The number of amidine groups is 1. The van der Waals surface area contributed by atoms with Crippen molar-refractivity contribution in [2.75, 3.05) is 5.32 Å². The molecule has 3 rings (SSSR count). The van der Waals surface area contributed by atoms with Gasteiger partial charge in [0.2, 0.25) is 11.8 Å². The summed E-state index contributed by atoms with van der Waals surface area (Å²) in [7, 11) is 0. The number of ketones is 1. The van der Waals surface area contributed by atoms with Crippen molar-refractivity contribution in [2.24, 2.45) is 4.99 Å². The zero-order chi connectivity index (χ0) is 19.2. The highest BCUT2D eigenvalue weighted by atomic mass is 32.2. The molecule has 1 atom stereocenters. The lowest BCUT2D eigenvalue weighted by molar-refractivity contribution is -0.122. The van der Waals surface area contributed by atoms with Crippen molar-refractivity contribution < 1.29 is 14.4 Å². The van der Waals surface area contributed by atoms with Crippen LogP contribution in [0.3, 0.4) is 0 Å². The van der Waals surface area contributed by atoms with Crippen molar-refractivity contribution in [1.82, 2.24) is 5.32 Å². The minimum Gasteiger partial charge on any atom is -0.326 e. The van der Waals surface area contributed by atoms with Gasteiger partial charge in [0.1, 0.15) is 5.25 Å². The Balaban J connectivity index is 1.53. The van der Waals surface area contributed by atoms with Crippen LogP contribution in [0, 0.1) is 0 Å². The Hall–Kier alpha value is -2.93. The Labute approximate surface area is 161 Å². The highest BCUT2D eigenvalue weighted by Gasteiger charge is 2.31. The molecule has 0 aliphatic carbocycles. The van der Waals surface area contributed by atoms with Crippen molar-refractivity contribution in [3.05, 3.63) is 65.7 Å². The van der Waals surface area contributed by atoms with Crippen LogP contribution in [-0.4, -0.2) is 28.0 Å². The number of hydrogen-bond donors (Lipinski definition) is 2. The zero-order valence-corrected chi connectivity index (χ0v) is 15.6. The van der Waals surface area contributed by atoms with Crippen LogP contribution in [0.4, 0.5) is 5.69 Å². The smallest absolute Gasteiger partial charge is 0.240 e. The number of Topliss-reactive ketones (excluding diaryl/α,β-unsaturated/α-hetero) is 1. The number of nitrogens with zero attached hydrogens (tertiary/aromatic N) is 1. The first-order valence-electron chi connectivity index (χ1n) is 8.48. The van der Waals surface area contributed by atoms with Crippen LogP contribution in [0.1, 0.15) is 29.3 Å². The van der Waals surface area contributed by atoms with Gasteiger partial charge in [-0.1, -0.05) is 42.1 Å². The average Bonchev–Trinajstić information content (AvgIpc) is 3.00. The number of thioether (sulfide) groups is 1. The first-order valence-corrected chi connectivity index (χ1v) is 9.36. The van der Waals surface area contributed by atoms with E-state index in [9.17, 15) is 14.4 Å². The molecule has 2 aromatic rings. The van der Waals surface area contributed by atoms with Crippen molar-refractivity contribution in [3.63, 3.8) is 0 Å². The van der Waals surface area contributed by atoms with E-state index < -0.39 is 5.25 Å². The second-order valence-corrected chi connectivity index (χ2v) is 7.28. The van der Waals surface area contributed by atoms with Crippen LogP contribution in [-0.2, 0) is 16.1 Å². The van der Waals surface area contributed by atoms with Gasteiger partial charge in [0, 0.05) is 17.7 Å². The molecule has 2 amide bonds. The van der Waals surface area contributed by atoms with Crippen LogP contribution in [0.15, 0.2) is 59.6 Å². The minimum atomic E-state index is -0.504. The van der Waals surface area contributed by atoms with Gasteiger partial charge in [-0.2, -0.15) is 0 Å². The van der Waals surface area contributed by atoms with Gasteiger partial charge in [0.25, 0.3) is 0 Å². The summed E-state index contributed by atoms with van der Waals surface area (Å²) in [5.41, 5.74) is 2.22. The first-order chi connectivity index (χ1) is 13.0. The fourth-order valence-electron chi connectivity index (χ4n) is 2.53. The molecule has 1 aliphatic rings. The lowest BCUT2D eigenvalue weighted by atomic mass is 10.1. The highest BCUT2D eigenvalue weighted by Crippen LogP contribution is 2.23. The van der Waals surface area contributed by atoms with E-state index in [0.29, 0.717) is 23.0 Å². The highest BCUT2D eigenvalue weighted by molar-refractivity contribution is 8.15. The van der Waals surface area contributed by atoms with Crippen molar-refractivity contribution in [3.8, 4) is 0 Å². The van der Waals surface area contributed by atoms with E-state index >= 15 is 0 Å². The van der Waals surface area contributed by atoms with Crippen molar-refractivity contribution >= 4 is 40.2 Å². The minimum absolute atomic E-state index is 0.0331. The van der Waals surface area contributed by atoms with E-state index in [1.54, 1.807) is 24.3 Å². The van der Waals surface area contributed by atoms with Crippen LogP contribution < -0.4 is 10.6 Å². The zero-order valence-electron chi connectivity index (χ0n) is 14.8. The predicted octanol–water partition coefficient (Wildman–Crippen LogP) is 3.01. The van der Waals surface area contributed by atoms with Gasteiger partial charge in [-0.3, -0.25) is 19.4 Å². The number of amides is 2. The fraction of sp³-hybridized carbons (Fsp3) is 0.200. The van der Waals surface area contributed by atoms with Gasteiger partial charge in [-0.25, -0.2) is 0 Å². The Morgan fingerprint density at radius 2 is 1.81 bits per heavy atom. The second-order valence-electron chi connectivity index (χ2n) is 6.09. The van der Waals surface area contributed by atoms with Crippen molar-refractivity contribution in [2.45, 2.75) is 25.1 Å². The Morgan fingerprint density at radius 1 is 1.11 bits per heavy atom. The monoisotopic (exact) mass is 381 g/mol. The third-order valence-corrected chi connectivity index (χ3v) is 5.09. The molecule has 7 heteroatoms. The molecule has 138 valence electrons. The third-order valence-electron chi connectivity index (χ3n) is 3.97. The molecule has 1 fully saturated rings. The number of aliphatic imine (C=N–C) groups is 1. The maximum Gasteiger partial charge on any atom is 0.240 e. The summed E-state index contributed by atoms with van der Waals surface area (Å²) >= 11 is 1.27. The van der Waals surface area contributed by atoms with Gasteiger partial charge < -0.3 is 10.6 Å². The van der Waals surface area contributed by atoms with Gasteiger partial charge >= 0.3 is 0 Å². The molecule has 2 aromatic carbocycles. The van der Waals surface area contributed by atoms with Gasteiger partial charge in [-0.15, -0.1) is 0 Å². The molecule has 1 saturated heterocycles. The largest absolute Gasteiger partial charge is 0.326 e. The SMILES string of the molecule is CC(=O)c1ccc(NC(=O)C[C@@H]2SC(=NCc3ccccc3)NC2=O)cc1. The number of benzene rings is 2. The summed E-state index contributed by atoms with van der Waals surface area (Å²) in [5, 5.41) is 5.50. The van der Waals surface area contributed by atoms with Gasteiger partial charge in [0.15, 0.2) is 11.0 Å². The molecule has 27 heavy (non-hydrogen) atoms. The first kappa shape index (κ1) is 18.8. The molecule has 2 N–H and O–H groups in total. The second kappa shape index (κ2) is 8.64. The Bertz CT molecular complexity index is 879. The summed E-state index contributed by atoms with van der Waals surface area (Å²) < 4.78 is 0. The maximum absolute atomic E-state index is 12.2. The molecule has 0 unspecified atom stereocenters. The quantitative estimate of drug-likeness (QED) is 0.753. The lowest BCUT2D eigenvalue weighted by Crippen LogP contribution is -2.28. The average molecular weight is 381 g/mol. The number of hydrogen-bond acceptors (Lipinski definition) is 5. The Morgan fingerprint density at radius 3 is 2.48 bits per heavy atom. The summed E-state index contributed by atoms with van der Waals surface area (Å²) in [6, 6.07) is 16.4.